The van der Waals surface area contributed by atoms with Crippen LogP contribution < -0.4 is 5.73 Å². The Bertz CT molecular complexity index is 508. The molecule has 2 rings (SSSR count). The molecule has 2 aromatic rings. The van der Waals surface area contributed by atoms with Gasteiger partial charge in [0.15, 0.2) is 0 Å². The van der Waals surface area contributed by atoms with Crippen molar-refractivity contribution in [3.8, 4) is 11.3 Å². The van der Waals surface area contributed by atoms with Crippen molar-refractivity contribution in [1.29, 1.82) is 0 Å². The molecule has 0 spiro atoms. The Balaban J connectivity index is 2.12. The minimum atomic E-state index is -4.38. The zero-order valence-electron chi connectivity index (χ0n) is 9.32. The number of benzene rings is 1. The molecule has 1 heterocycles. The van der Waals surface area contributed by atoms with Gasteiger partial charge in [-0.1, -0.05) is 30.3 Å². The van der Waals surface area contributed by atoms with E-state index >= 15 is 0 Å². The van der Waals surface area contributed by atoms with E-state index < -0.39 is 12.2 Å². The molecule has 1 aromatic carbocycles. The van der Waals surface area contributed by atoms with Crippen molar-refractivity contribution in [3.05, 3.63) is 40.7 Å². The highest BCUT2D eigenvalue weighted by atomic mass is 32.1. The summed E-state index contributed by atoms with van der Waals surface area (Å²) in [5.74, 6) is 0. The summed E-state index contributed by atoms with van der Waals surface area (Å²) in [4.78, 5) is 4.17. The maximum absolute atomic E-state index is 12.3. The highest BCUT2D eigenvalue weighted by molar-refractivity contribution is 7.09. The van der Waals surface area contributed by atoms with Gasteiger partial charge < -0.3 is 5.73 Å². The lowest BCUT2D eigenvalue weighted by Crippen LogP contribution is -2.39. The molecule has 0 amide bonds. The van der Waals surface area contributed by atoms with Crippen LogP contribution in [0.1, 0.15) is 5.01 Å². The normalized spacial score (nSPS) is 13.6. The molecule has 0 aliphatic carbocycles. The van der Waals surface area contributed by atoms with Crippen LogP contribution in [0.25, 0.3) is 11.3 Å². The van der Waals surface area contributed by atoms with Crippen LogP contribution in [0.3, 0.4) is 0 Å². The third-order valence-corrected chi connectivity index (χ3v) is 3.31. The van der Waals surface area contributed by atoms with E-state index in [1.807, 2.05) is 30.3 Å². The third kappa shape index (κ3) is 3.08. The highest BCUT2D eigenvalue weighted by Gasteiger charge is 2.37. The van der Waals surface area contributed by atoms with E-state index in [4.69, 9.17) is 5.73 Å². The standard InChI is InChI=1S/C12H11F3N2S/c13-12(14,15)10(16)6-11-17-9(7-18-11)8-4-2-1-3-5-8/h1-5,7,10H,6,16H2. The van der Waals surface area contributed by atoms with Gasteiger partial charge >= 0.3 is 6.18 Å². The van der Waals surface area contributed by atoms with E-state index in [1.165, 1.54) is 11.3 Å². The summed E-state index contributed by atoms with van der Waals surface area (Å²) in [6.45, 7) is 0. The maximum Gasteiger partial charge on any atom is 0.404 e. The fourth-order valence-electron chi connectivity index (χ4n) is 1.45. The number of hydrogen-bond donors (Lipinski definition) is 1. The summed E-state index contributed by atoms with van der Waals surface area (Å²) in [6.07, 6.45) is -4.65. The lowest BCUT2D eigenvalue weighted by molar-refractivity contribution is -0.147. The van der Waals surface area contributed by atoms with Crippen molar-refractivity contribution in [2.45, 2.75) is 18.6 Å². The van der Waals surface area contributed by atoms with Gasteiger partial charge in [0.05, 0.1) is 10.7 Å². The smallest absolute Gasteiger partial charge is 0.320 e. The topological polar surface area (TPSA) is 38.9 Å². The van der Waals surface area contributed by atoms with Crippen LogP contribution in [0.2, 0.25) is 0 Å². The summed E-state index contributed by atoms with van der Waals surface area (Å²) >= 11 is 1.20. The molecule has 96 valence electrons. The average molecular weight is 272 g/mol. The van der Waals surface area contributed by atoms with Gasteiger partial charge in [0, 0.05) is 17.4 Å². The van der Waals surface area contributed by atoms with E-state index in [0.29, 0.717) is 10.7 Å². The molecule has 1 unspecified atom stereocenters. The van der Waals surface area contributed by atoms with Gasteiger partial charge in [0.2, 0.25) is 0 Å². The van der Waals surface area contributed by atoms with Gasteiger partial charge in [-0.15, -0.1) is 11.3 Å². The Labute approximate surface area is 106 Å². The average Bonchev–Trinajstić information content (AvgIpc) is 2.77. The zero-order chi connectivity index (χ0) is 13.2. The molecule has 0 bridgehead atoms. The van der Waals surface area contributed by atoms with Crippen LogP contribution in [0.15, 0.2) is 35.7 Å². The van der Waals surface area contributed by atoms with Crippen LogP contribution in [0.4, 0.5) is 13.2 Å². The summed E-state index contributed by atoms with van der Waals surface area (Å²) < 4.78 is 36.9. The first kappa shape index (κ1) is 13.0. The molecule has 18 heavy (non-hydrogen) atoms. The molecule has 1 atom stereocenters. The van der Waals surface area contributed by atoms with Crippen LogP contribution in [0, 0.1) is 0 Å². The predicted octanol–water partition coefficient (Wildman–Crippen LogP) is 3.24. The molecule has 0 fully saturated rings. The van der Waals surface area contributed by atoms with Gasteiger partial charge in [-0.3, -0.25) is 0 Å². The van der Waals surface area contributed by atoms with Crippen molar-refractivity contribution < 1.29 is 13.2 Å². The number of rotatable bonds is 3. The van der Waals surface area contributed by atoms with E-state index in [2.05, 4.69) is 4.98 Å². The first-order valence-corrected chi connectivity index (χ1v) is 6.17. The van der Waals surface area contributed by atoms with Gasteiger partial charge in [-0.2, -0.15) is 13.2 Å². The Hall–Kier alpha value is -1.40. The molecule has 6 heteroatoms. The van der Waals surface area contributed by atoms with Gasteiger partial charge in [-0.05, 0) is 0 Å². The lowest BCUT2D eigenvalue weighted by atomic mass is 10.2. The molecule has 0 radical (unpaired) electrons. The second-order valence-corrected chi connectivity index (χ2v) is 4.79. The molecule has 0 saturated carbocycles. The Morgan fingerprint density at radius 2 is 1.89 bits per heavy atom. The minimum absolute atomic E-state index is 0.277. The second-order valence-electron chi connectivity index (χ2n) is 3.84. The lowest BCUT2D eigenvalue weighted by Gasteiger charge is -2.13. The summed E-state index contributed by atoms with van der Waals surface area (Å²) in [5.41, 5.74) is 6.65. The molecular formula is C12H11F3N2S. The summed E-state index contributed by atoms with van der Waals surface area (Å²) in [6, 6.07) is 7.46. The van der Waals surface area contributed by atoms with Gasteiger partial charge in [0.25, 0.3) is 0 Å². The number of halogens is 3. The van der Waals surface area contributed by atoms with E-state index in [-0.39, 0.29) is 6.42 Å². The van der Waals surface area contributed by atoms with E-state index in [0.717, 1.165) is 5.56 Å². The summed E-state index contributed by atoms with van der Waals surface area (Å²) in [7, 11) is 0. The molecule has 1 aromatic heterocycles. The third-order valence-electron chi connectivity index (χ3n) is 2.44. The highest BCUT2D eigenvalue weighted by Crippen LogP contribution is 2.25. The molecule has 0 aliphatic rings. The van der Waals surface area contributed by atoms with Crippen molar-refractivity contribution in [3.63, 3.8) is 0 Å². The Kier molecular flexibility index (Phi) is 3.68. The molecule has 2 N–H and O–H groups in total. The van der Waals surface area contributed by atoms with Crippen LogP contribution in [-0.4, -0.2) is 17.2 Å². The number of nitrogens with zero attached hydrogens (tertiary/aromatic N) is 1. The van der Waals surface area contributed by atoms with Crippen LogP contribution in [-0.2, 0) is 6.42 Å². The van der Waals surface area contributed by atoms with Crippen molar-refractivity contribution in [2.24, 2.45) is 5.73 Å². The summed E-state index contributed by atoms with van der Waals surface area (Å²) in [5, 5.41) is 2.15. The Morgan fingerprint density at radius 1 is 1.22 bits per heavy atom. The van der Waals surface area contributed by atoms with Crippen molar-refractivity contribution in [1.82, 2.24) is 4.98 Å². The number of aromatic nitrogens is 1. The van der Waals surface area contributed by atoms with Crippen LogP contribution >= 0.6 is 11.3 Å². The van der Waals surface area contributed by atoms with Crippen molar-refractivity contribution in [2.75, 3.05) is 0 Å². The fourth-order valence-corrected chi connectivity index (χ4v) is 2.31. The number of nitrogens with two attached hydrogens (primary N) is 1. The first-order chi connectivity index (χ1) is 8.47. The Morgan fingerprint density at radius 3 is 2.50 bits per heavy atom. The fraction of sp³-hybridized carbons (Fsp3) is 0.250. The predicted molar refractivity (Wildman–Crippen MR) is 65.3 cm³/mol. The zero-order valence-corrected chi connectivity index (χ0v) is 10.1. The monoisotopic (exact) mass is 272 g/mol. The molecule has 0 aliphatic heterocycles. The SMILES string of the molecule is NC(Cc1nc(-c2ccccc2)cs1)C(F)(F)F. The van der Waals surface area contributed by atoms with Gasteiger partial charge in [-0.25, -0.2) is 4.98 Å². The number of alkyl halides is 3. The quantitative estimate of drug-likeness (QED) is 0.931. The number of thiazole rings is 1. The van der Waals surface area contributed by atoms with E-state index in [1.54, 1.807) is 5.38 Å². The largest absolute Gasteiger partial charge is 0.404 e. The molecule has 2 nitrogen and oxygen atoms in total. The molecular weight excluding hydrogens is 261 g/mol. The molecule has 0 saturated heterocycles. The van der Waals surface area contributed by atoms with Crippen LogP contribution in [0.5, 0.6) is 0 Å². The van der Waals surface area contributed by atoms with Gasteiger partial charge in [0.1, 0.15) is 6.04 Å². The minimum Gasteiger partial charge on any atom is -0.320 e. The van der Waals surface area contributed by atoms with Crippen molar-refractivity contribution >= 4 is 11.3 Å². The first-order valence-electron chi connectivity index (χ1n) is 5.29. The van der Waals surface area contributed by atoms with E-state index in [9.17, 15) is 13.2 Å². The maximum atomic E-state index is 12.3. The number of hydrogen-bond acceptors (Lipinski definition) is 3. The second kappa shape index (κ2) is 5.07.